The lowest BCUT2D eigenvalue weighted by atomic mass is 10.4. The van der Waals surface area contributed by atoms with Crippen LogP contribution in [0.4, 0.5) is 0 Å². The van der Waals surface area contributed by atoms with Crippen LogP contribution in [0.5, 0.6) is 0 Å². The van der Waals surface area contributed by atoms with Gasteiger partial charge in [0.1, 0.15) is 0 Å². The molecule has 0 aliphatic heterocycles. The van der Waals surface area contributed by atoms with Gasteiger partial charge in [-0.05, 0) is 26.7 Å². The molecule has 60 valence electrons. The first kappa shape index (κ1) is 10.1. The molecule has 0 spiro atoms. The third-order valence-electron chi connectivity index (χ3n) is 2.05. The van der Waals surface area contributed by atoms with Crippen molar-refractivity contribution in [1.29, 1.82) is 0 Å². The minimum atomic E-state index is -0.953. The molecule has 0 aromatic carbocycles. The lowest BCUT2D eigenvalue weighted by molar-refractivity contribution is 0.568. The van der Waals surface area contributed by atoms with Crippen LogP contribution in [-0.4, -0.2) is 11.3 Å². The number of rotatable bonds is 4. The minimum Gasteiger partial charge on any atom is -0.0742 e. The quantitative estimate of drug-likeness (QED) is 0.577. The van der Waals surface area contributed by atoms with Gasteiger partial charge in [0, 0.05) is 0 Å². The molecule has 2 unspecified atom stereocenters. The molecule has 0 N–H and O–H groups in total. The maximum atomic E-state index is 11.5. The van der Waals surface area contributed by atoms with Crippen molar-refractivity contribution in [1.82, 2.24) is 0 Å². The molecule has 0 aliphatic rings. The Balaban J connectivity index is 3.82. The first-order valence-electron chi connectivity index (χ1n) is 4.08. The monoisotopic (exact) mass is 161 g/mol. The summed E-state index contributed by atoms with van der Waals surface area (Å²) in [4.78, 5) is 0. The Morgan fingerprint density at radius 1 is 1.10 bits per heavy atom. The van der Waals surface area contributed by atoms with Crippen LogP contribution in [-0.2, 0) is 4.57 Å². The molecule has 0 saturated carbocycles. The Kier molecular flexibility index (Phi) is 4.89. The summed E-state index contributed by atoms with van der Waals surface area (Å²) in [5.41, 5.74) is 0.815. The molecule has 0 radical (unpaired) electrons. The topological polar surface area (TPSA) is 17.1 Å². The molecule has 0 aromatic rings. The summed E-state index contributed by atoms with van der Waals surface area (Å²) in [5.74, 6) is 0. The zero-order valence-corrected chi connectivity index (χ0v) is 8.32. The average Bonchev–Trinajstić information content (AvgIpc) is 2.00. The van der Waals surface area contributed by atoms with Crippen molar-refractivity contribution >= 4 is 7.80 Å². The van der Waals surface area contributed by atoms with E-state index in [0.29, 0.717) is 11.3 Å². The van der Waals surface area contributed by atoms with Crippen molar-refractivity contribution in [2.24, 2.45) is 0 Å². The largest absolute Gasteiger partial charge is 0.344 e. The van der Waals surface area contributed by atoms with Gasteiger partial charge in [-0.3, -0.25) is 0 Å². The molecule has 0 heterocycles. The van der Waals surface area contributed by atoms with Crippen LogP contribution in [0.1, 0.15) is 40.5 Å². The van der Waals surface area contributed by atoms with E-state index in [9.17, 15) is 4.57 Å². The van der Waals surface area contributed by atoms with E-state index in [-0.39, 0.29) is 0 Å². The first-order chi connectivity index (χ1) is 4.63. The summed E-state index contributed by atoms with van der Waals surface area (Å²) in [6.45, 7) is 8.34. The average molecular weight is 161 g/mol. The fourth-order valence-corrected chi connectivity index (χ4v) is 2.38. The van der Waals surface area contributed by atoms with Crippen molar-refractivity contribution < 1.29 is 4.57 Å². The number of hydrogen-bond donors (Lipinski definition) is 0. The third kappa shape index (κ3) is 2.79. The second-order valence-electron chi connectivity index (χ2n) is 2.87. The van der Waals surface area contributed by atoms with Gasteiger partial charge in [0.2, 0.25) is 0 Å². The Bertz CT molecular complexity index is 99.8. The summed E-state index contributed by atoms with van der Waals surface area (Å²) >= 11 is 0. The Morgan fingerprint density at radius 3 is 1.60 bits per heavy atom. The molecule has 0 rings (SSSR count). The predicted octanol–water partition coefficient (Wildman–Crippen LogP) is 3.41. The molecule has 0 aromatic heterocycles. The van der Waals surface area contributed by atoms with Crippen molar-refractivity contribution in [2.45, 2.75) is 51.9 Å². The van der Waals surface area contributed by atoms with Gasteiger partial charge in [-0.2, -0.15) is 0 Å². The van der Waals surface area contributed by atoms with E-state index >= 15 is 0 Å². The molecule has 0 aliphatic carbocycles. The molecular formula is C8H18OP+. The van der Waals surface area contributed by atoms with Crippen molar-refractivity contribution in [2.75, 3.05) is 0 Å². The van der Waals surface area contributed by atoms with Crippen LogP contribution in [0.15, 0.2) is 0 Å². The normalized spacial score (nSPS) is 18.2. The standard InChI is InChI=1S/C8H18OP/c1-5-7(3)10(9)8(4)6-2/h7-8H,5-6H2,1-4H3/q+1. The highest BCUT2D eigenvalue weighted by molar-refractivity contribution is 7.46. The summed E-state index contributed by atoms with van der Waals surface area (Å²) in [6.07, 6.45) is 2.08. The first-order valence-corrected chi connectivity index (χ1v) is 5.48. The maximum Gasteiger partial charge on any atom is 0.344 e. The van der Waals surface area contributed by atoms with Crippen LogP contribution in [0.3, 0.4) is 0 Å². The lowest BCUT2D eigenvalue weighted by Gasteiger charge is -1.99. The van der Waals surface area contributed by atoms with Gasteiger partial charge in [0.05, 0.1) is 0 Å². The van der Waals surface area contributed by atoms with Gasteiger partial charge in [0.15, 0.2) is 11.3 Å². The van der Waals surface area contributed by atoms with E-state index < -0.39 is 7.80 Å². The van der Waals surface area contributed by atoms with Gasteiger partial charge in [0.25, 0.3) is 0 Å². The van der Waals surface area contributed by atoms with Crippen LogP contribution in [0, 0.1) is 0 Å². The Labute approximate surface area is 65.0 Å². The van der Waals surface area contributed by atoms with E-state index in [1.165, 1.54) is 0 Å². The fraction of sp³-hybridized carbons (Fsp3) is 1.00. The fourth-order valence-electron chi connectivity index (χ4n) is 0.794. The van der Waals surface area contributed by atoms with Crippen LogP contribution < -0.4 is 0 Å². The van der Waals surface area contributed by atoms with E-state index in [2.05, 4.69) is 27.7 Å². The summed E-state index contributed by atoms with van der Waals surface area (Å²) in [5, 5.41) is 0. The molecule has 0 bridgehead atoms. The maximum absolute atomic E-state index is 11.5. The van der Waals surface area contributed by atoms with Crippen LogP contribution in [0.25, 0.3) is 0 Å². The van der Waals surface area contributed by atoms with Crippen LogP contribution >= 0.6 is 7.80 Å². The zero-order valence-electron chi connectivity index (χ0n) is 7.42. The van der Waals surface area contributed by atoms with E-state index in [0.717, 1.165) is 12.8 Å². The van der Waals surface area contributed by atoms with Gasteiger partial charge < -0.3 is 0 Å². The molecule has 0 saturated heterocycles. The molecule has 0 amide bonds. The molecule has 2 atom stereocenters. The van der Waals surface area contributed by atoms with Gasteiger partial charge >= 0.3 is 7.80 Å². The van der Waals surface area contributed by atoms with Crippen molar-refractivity contribution in [3.8, 4) is 0 Å². The van der Waals surface area contributed by atoms with Crippen molar-refractivity contribution in [3.63, 3.8) is 0 Å². The van der Waals surface area contributed by atoms with Gasteiger partial charge in [-0.25, -0.2) is 0 Å². The summed E-state index contributed by atoms with van der Waals surface area (Å²) < 4.78 is 11.5. The zero-order chi connectivity index (χ0) is 8.15. The number of hydrogen-bond acceptors (Lipinski definition) is 1. The minimum absolute atomic E-state index is 0.407. The second-order valence-corrected chi connectivity index (χ2v) is 5.36. The third-order valence-corrected chi connectivity index (χ3v) is 4.52. The second kappa shape index (κ2) is 4.85. The van der Waals surface area contributed by atoms with Gasteiger partial charge in [-0.1, -0.05) is 18.4 Å². The highest BCUT2D eigenvalue weighted by atomic mass is 31.1. The molecule has 2 heteroatoms. The van der Waals surface area contributed by atoms with E-state index in [1.807, 2.05) is 0 Å². The molecule has 10 heavy (non-hydrogen) atoms. The Morgan fingerprint density at radius 2 is 1.40 bits per heavy atom. The summed E-state index contributed by atoms with van der Waals surface area (Å²) in [7, 11) is -0.953. The predicted molar refractivity (Wildman–Crippen MR) is 47.1 cm³/mol. The molecule has 0 fully saturated rings. The highest BCUT2D eigenvalue weighted by Crippen LogP contribution is 2.36. The summed E-state index contributed by atoms with van der Waals surface area (Å²) in [6, 6.07) is 0. The smallest absolute Gasteiger partial charge is 0.0742 e. The SMILES string of the molecule is CCC(C)[P+](=O)C(C)CC. The van der Waals surface area contributed by atoms with E-state index in [1.54, 1.807) is 0 Å². The highest BCUT2D eigenvalue weighted by Gasteiger charge is 2.29. The van der Waals surface area contributed by atoms with Crippen LogP contribution in [0.2, 0.25) is 0 Å². The van der Waals surface area contributed by atoms with E-state index in [4.69, 9.17) is 0 Å². The Hall–Kier alpha value is 0.100. The molecule has 1 nitrogen and oxygen atoms in total. The molecular weight excluding hydrogens is 143 g/mol. The van der Waals surface area contributed by atoms with Gasteiger partial charge in [-0.15, -0.1) is 0 Å². The van der Waals surface area contributed by atoms with Crippen molar-refractivity contribution in [3.05, 3.63) is 0 Å². The lowest BCUT2D eigenvalue weighted by Crippen LogP contribution is -2.02.